The Morgan fingerprint density at radius 1 is 1.10 bits per heavy atom. The molecule has 3 heterocycles. The van der Waals surface area contributed by atoms with Crippen molar-refractivity contribution in [1.29, 1.82) is 0 Å². The molecule has 0 fully saturated rings. The molecule has 1 aromatic carbocycles. The molecule has 21 heavy (non-hydrogen) atoms. The number of fused-ring (bicyclic) bond motifs is 3. The van der Waals surface area contributed by atoms with Gasteiger partial charge in [-0.05, 0) is 18.2 Å². The predicted molar refractivity (Wildman–Crippen MR) is 85.3 cm³/mol. The average molecular weight is 274 g/mol. The molecule has 1 N–H and O–H groups in total. The molecule has 0 amide bonds. The molecule has 4 heteroatoms. The number of nitrogens with one attached hydrogen (secondary N) is 1. The van der Waals surface area contributed by atoms with Crippen LogP contribution >= 0.6 is 0 Å². The molecular weight excluding hydrogens is 260 g/mol. The molecule has 4 nitrogen and oxygen atoms in total. The Morgan fingerprint density at radius 2 is 1.95 bits per heavy atom. The molecule has 0 aliphatic rings. The van der Waals surface area contributed by atoms with E-state index >= 15 is 0 Å². The molecule has 0 radical (unpaired) electrons. The molecule has 102 valence electrons. The SMILES string of the molecule is CNc1ncccc1/C=c1/c2ccccc2c2cncn12. The van der Waals surface area contributed by atoms with Gasteiger partial charge < -0.3 is 5.32 Å². The molecule has 0 spiro atoms. The van der Waals surface area contributed by atoms with E-state index in [1.165, 1.54) is 10.8 Å². The monoisotopic (exact) mass is 274 g/mol. The Bertz CT molecular complexity index is 985. The lowest BCUT2D eigenvalue weighted by Gasteiger charge is -2.02. The number of aromatic nitrogens is 3. The van der Waals surface area contributed by atoms with E-state index in [4.69, 9.17) is 0 Å². The molecule has 0 aliphatic heterocycles. The van der Waals surface area contributed by atoms with E-state index in [0.717, 1.165) is 22.2 Å². The summed E-state index contributed by atoms with van der Waals surface area (Å²) in [6.07, 6.45) is 7.70. The quantitative estimate of drug-likeness (QED) is 0.610. The van der Waals surface area contributed by atoms with Crippen molar-refractivity contribution in [2.75, 3.05) is 12.4 Å². The van der Waals surface area contributed by atoms with Gasteiger partial charge in [-0.25, -0.2) is 9.97 Å². The highest BCUT2D eigenvalue weighted by atomic mass is 15.0. The van der Waals surface area contributed by atoms with Gasteiger partial charge in [0.2, 0.25) is 0 Å². The standard InChI is InChI=1S/C17H14N4/c1-18-17-12(5-4-8-20-17)9-15-13-6-2-3-7-14(13)16-10-19-11-21(15)16/h2-11H,1H3,(H,18,20)/b15-9-. The molecule has 0 atom stereocenters. The van der Waals surface area contributed by atoms with Gasteiger partial charge in [-0.1, -0.05) is 24.3 Å². The first-order chi connectivity index (χ1) is 10.4. The van der Waals surface area contributed by atoms with Gasteiger partial charge in [-0.15, -0.1) is 0 Å². The fourth-order valence-electron chi connectivity index (χ4n) is 2.78. The van der Waals surface area contributed by atoms with Crippen molar-refractivity contribution in [3.8, 4) is 0 Å². The van der Waals surface area contributed by atoms with Crippen LogP contribution in [0.3, 0.4) is 0 Å². The van der Waals surface area contributed by atoms with Gasteiger partial charge >= 0.3 is 0 Å². The second-order valence-corrected chi connectivity index (χ2v) is 4.92. The number of imidazole rings is 1. The van der Waals surface area contributed by atoms with Crippen LogP contribution < -0.4 is 10.7 Å². The van der Waals surface area contributed by atoms with Gasteiger partial charge in [0, 0.05) is 29.6 Å². The highest BCUT2D eigenvalue weighted by Gasteiger charge is 2.07. The first-order valence-electron chi connectivity index (χ1n) is 6.85. The summed E-state index contributed by atoms with van der Waals surface area (Å²) in [6, 6.07) is 12.4. The minimum absolute atomic E-state index is 0.871. The van der Waals surface area contributed by atoms with Crippen LogP contribution in [0.1, 0.15) is 5.56 Å². The maximum absolute atomic E-state index is 4.36. The Kier molecular flexibility index (Phi) is 2.60. The number of anilines is 1. The van der Waals surface area contributed by atoms with Crippen molar-refractivity contribution in [2.24, 2.45) is 0 Å². The number of hydrogen-bond acceptors (Lipinski definition) is 3. The lowest BCUT2D eigenvalue weighted by atomic mass is 10.1. The molecule has 0 saturated heterocycles. The summed E-state index contributed by atoms with van der Waals surface area (Å²) in [5, 5.41) is 6.70. The topological polar surface area (TPSA) is 42.2 Å². The molecular formula is C17H14N4. The number of rotatable bonds is 2. The summed E-state index contributed by atoms with van der Waals surface area (Å²) in [6.45, 7) is 0. The van der Waals surface area contributed by atoms with Crippen LogP contribution in [0.5, 0.6) is 0 Å². The van der Waals surface area contributed by atoms with Crippen molar-refractivity contribution in [3.63, 3.8) is 0 Å². The van der Waals surface area contributed by atoms with Gasteiger partial charge in [0.1, 0.15) is 5.82 Å². The largest absolute Gasteiger partial charge is 0.373 e. The third kappa shape index (κ3) is 1.76. The zero-order valence-corrected chi connectivity index (χ0v) is 11.6. The van der Waals surface area contributed by atoms with Crippen LogP contribution in [0.2, 0.25) is 0 Å². The molecule has 0 saturated carbocycles. The van der Waals surface area contributed by atoms with Crippen LogP contribution in [0, 0.1) is 0 Å². The van der Waals surface area contributed by atoms with E-state index in [2.05, 4.69) is 56.1 Å². The van der Waals surface area contributed by atoms with Crippen molar-refractivity contribution in [1.82, 2.24) is 14.4 Å². The minimum atomic E-state index is 0.871. The van der Waals surface area contributed by atoms with Gasteiger partial charge in [0.05, 0.1) is 23.4 Å². The summed E-state index contributed by atoms with van der Waals surface area (Å²) in [4.78, 5) is 8.63. The summed E-state index contributed by atoms with van der Waals surface area (Å²) in [5.74, 6) is 0.871. The van der Waals surface area contributed by atoms with E-state index in [1.54, 1.807) is 6.20 Å². The molecule has 0 unspecified atom stereocenters. The normalized spacial score (nSPS) is 12.3. The van der Waals surface area contributed by atoms with Crippen LogP contribution in [-0.2, 0) is 0 Å². The molecule has 0 bridgehead atoms. The van der Waals surface area contributed by atoms with E-state index in [9.17, 15) is 0 Å². The van der Waals surface area contributed by atoms with Crippen LogP contribution in [0.15, 0.2) is 55.1 Å². The highest BCUT2D eigenvalue weighted by Crippen LogP contribution is 2.19. The fourth-order valence-corrected chi connectivity index (χ4v) is 2.78. The highest BCUT2D eigenvalue weighted by molar-refractivity contribution is 5.98. The second-order valence-electron chi connectivity index (χ2n) is 4.92. The number of benzene rings is 1. The first kappa shape index (κ1) is 11.9. The van der Waals surface area contributed by atoms with Crippen molar-refractivity contribution < 1.29 is 0 Å². The van der Waals surface area contributed by atoms with Crippen molar-refractivity contribution in [3.05, 3.63) is 66.0 Å². The Morgan fingerprint density at radius 3 is 2.81 bits per heavy atom. The smallest absolute Gasteiger partial charge is 0.133 e. The fraction of sp³-hybridized carbons (Fsp3) is 0.0588. The predicted octanol–water partition coefficient (Wildman–Crippen LogP) is 2.47. The summed E-state index contributed by atoms with van der Waals surface area (Å²) >= 11 is 0. The maximum Gasteiger partial charge on any atom is 0.133 e. The van der Waals surface area contributed by atoms with Gasteiger partial charge in [-0.2, -0.15) is 0 Å². The number of hydrogen-bond donors (Lipinski definition) is 1. The third-order valence-corrected chi connectivity index (χ3v) is 3.74. The Labute approximate surface area is 121 Å². The van der Waals surface area contributed by atoms with E-state index < -0.39 is 0 Å². The van der Waals surface area contributed by atoms with Crippen LogP contribution in [-0.4, -0.2) is 21.4 Å². The number of nitrogens with zero attached hydrogens (tertiary/aromatic N) is 3. The lowest BCUT2D eigenvalue weighted by molar-refractivity contribution is 1.14. The second kappa shape index (κ2) is 4.59. The van der Waals surface area contributed by atoms with Crippen molar-refractivity contribution >= 4 is 28.2 Å². The summed E-state index contributed by atoms with van der Waals surface area (Å²) in [7, 11) is 1.88. The summed E-state index contributed by atoms with van der Waals surface area (Å²) in [5.41, 5.74) is 2.19. The summed E-state index contributed by atoms with van der Waals surface area (Å²) < 4.78 is 2.12. The molecule has 4 aromatic rings. The maximum atomic E-state index is 4.36. The number of pyridine rings is 1. The Balaban J connectivity index is 2.12. The van der Waals surface area contributed by atoms with Gasteiger partial charge in [0.15, 0.2) is 0 Å². The van der Waals surface area contributed by atoms with Crippen LogP contribution in [0.4, 0.5) is 5.82 Å². The molecule has 0 aliphatic carbocycles. The van der Waals surface area contributed by atoms with Gasteiger partial charge in [0.25, 0.3) is 0 Å². The van der Waals surface area contributed by atoms with Crippen LogP contribution in [0.25, 0.3) is 22.4 Å². The van der Waals surface area contributed by atoms with Gasteiger partial charge in [-0.3, -0.25) is 4.40 Å². The zero-order chi connectivity index (χ0) is 14.2. The first-order valence-corrected chi connectivity index (χ1v) is 6.85. The van der Waals surface area contributed by atoms with Crippen molar-refractivity contribution in [2.45, 2.75) is 0 Å². The lowest BCUT2D eigenvalue weighted by Crippen LogP contribution is -2.08. The van der Waals surface area contributed by atoms with E-state index in [1.807, 2.05) is 25.6 Å². The van der Waals surface area contributed by atoms with E-state index in [0.29, 0.717) is 0 Å². The molecule has 3 aromatic heterocycles. The third-order valence-electron chi connectivity index (χ3n) is 3.74. The van der Waals surface area contributed by atoms with E-state index in [-0.39, 0.29) is 0 Å². The molecule has 4 rings (SSSR count). The zero-order valence-electron chi connectivity index (χ0n) is 11.6. The Hall–Kier alpha value is -2.88. The average Bonchev–Trinajstić information content (AvgIpc) is 3.11. The minimum Gasteiger partial charge on any atom is -0.373 e.